The predicted octanol–water partition coefficient (Wildman–Crippen LogP) is 1.29. The van der Waals surface area contributed by atoms with Crippen molar-refractivity contribution in [1.82, 2.24) is 9.44 Å². The lowest BCUT2D eigenvalue weighted by Gasteiger charge is -2.16. The molecule has 0 fully saturated rings. The molecule has 0 radical (unpaired) electrons. The zero-order valence-corrected chi connectivity index (χ0v) is 17.8. The number of nitrogens with one attached hydrogen (secondary N) is 2. The van der Waals surface area contributed by atoms with Crippen LogP contribution in [0.4, 0.5) is 11.4 Å². The molecular formula is C18H26N4O4S2. The minimum Gasteiger partial charge on any atom is -0.397 e. The SMILES string of the molecule is Cc1ccc(S(=O)(=O)NCCCNS(=O)(=O)c2ccc(N(C)C)c(N)c2)cc1. The highest BCUT2D eigenvalue weighted by molar-refractivity contribution is 7.89. The smallest absolute Gasteiger partial charge is 0.240 e. The summed E-state index contributed by atoms with van der Waals surface area (Å²) in [5.74, 6) is 0. The van der Waals surface area contributed by atoms with Crippen LogP contribution in [-0.4, -0.2) is 44.0 Å². The zero-order chi connectivity index (χ0) is 20.9. The summed E-state index contributed by atoms with van der Waals surface area (Å²) in [6, 6.07) is 11.0. The van der Waals surface area contributed by atoms with E-state index in [1.54, 1.807) is 23.1 Å². The largest absolute Gasteiger partial charge is 0.397 e. The van der Waals surface area contributed by atoms with Crippen LogP contribution in [0.2, 0.25) is 0 Å². The molecule has 4 N–H and O–H groups in total. The third-order valence-electron chi connectivity index (χ3n) is 4.06. The van der Waals surface area contributed by atoms with E-state index in [2.05, 4.69) is 9.44 Å². The van der Waals surface area contributed by atoms with Gasteiger partial charge in [-0.2, -0.15) is 0 Å². The molecule has 2 aromatic carbocycles. The van der Waals surface area contributed by atoms with Crippen LogP contribution < -0.4 is 20.1 Å². The van der Waals surface area contributed by atoms with Crippen molar-refractivity contribution in [2.45, 2.75) is 23.1 Å². The maximum Gasteiger partial charge on any atom is 0.240 e. The van der Waals surface area contributed by atoms with Crippen molar-refractivity contribution < 1.29 is 16.8 Å². The molecule has 0 spiro atoms. The normalized spacial score (nSPS) is 12.1. The van der Waals surface area contributed by atoms with Gasteiger partial charge >= 0.3 is 0 Å². The molecule has 2 aromatic rings. The van der Waals surface area contributed by atoms with Crippen LogP contribution >= 0.6 is 0 Å². The Bertz CT molecular complexity index is 1020. The Morgan fingerprint density at radius 1 is 0.857 bits per heavy atom. The van der Waals surface area contributed by atoms with Crippen LogP contribution in [0.25, 0.3) is 0 Å². The lowest BCUT2D eigenvalue weighted by Crippen LogP contribution is -2.30. The summed E-state index contributed by atoms with van der Waals surface area (Å²) in [4.78, 5) is 2.03. The molecule has 0 unspecified atom stereocenters. The van der Waals surface area contributed by atoms with Crippen molar-refractivity contribution in [2.24, 2.45) is 0 Å². The van der Waals surface area contributed by atoms with Gasteiger partial charge < -0.3 is 10.6 Å². The Morgan fingerprint density at radius 3 is 1.86 bits per heavy atom. The maximum absolute atomic E-state index is 12.4. The lowest BCUT2D eigenvalue weighted by atomic mass is 10.2. The molecule has 2 rings (SSSR count). The molecule has 0 aliphatic rings. The molecule has 28 heavy (non-hydrogen) atoms. The second kappa shape index (κ2) is 8.91. The van der Waals surface area contributed by atoms with Gasteiger partial charge in [-0.15, -0.1) is 0 Å². The third kappa shape index (κ3) is 5.68. The van der Waals surface area contributed by atoms with Gasteiger partial charge in [-0.05, 0) is 43.7 Å². The van der Waals surface area contributed by atoms with E-state index in [0.717, 1.165) is 11.3 Å². The van der Waals surface area contributed by atoms with Crippen molar-refractivity contribution in [3.05, 3.63) is 48.0 Å². The van der Waals surface area contributed by atoms with Crippen LogP contribution in [0.1, 0.15) is 12.0 Å². The molecule has 0 saturated heterocycles. The van der Waals surface area contributed by atoms with E-state index >= 15 is 0 Å². The minimum atomic E-state index is -3.72. The fraction of sp³-hybridized carbons (Fsp3) is 0.333. The van der Waals surface area contributed by atoms with Crippen LogP contribution in [0.5, 0.6) is 0 Å². The molecule has 0 atom stereocenters. The Kier molecular flexibility index (Phi) is 7.05. The molecule has 10 heteroatoms. The minimum absolute atomic E-state index is 0.0656. The summed E-state index contributed by atoms with van der Waals surface area (Å²) in [5.41, 5.74) is 7.95. The molecule has 0 saturated carbocycles. The summed E-state index contributed by atoms with van der Waals surface area (Å²) >= 11 is 0. The van der Waals surface area contributed by atoms with Gasteiger partial charge in [0.25, 0.3) is 0 Å². The van der Waals surface area contributed by atoms with Crippen LogP contribution in [-0.2, 0) is 20.0 Å². The first-order valence-electron chi connectivity index (χ1n) is 8.66. The molecule has 154 valence electrons. The fourth-order valence-corrected chi connectivity index (χ4v) is 4.68. The Balaban J connectivity index is 1.89. The van der Waals surface area contributed by atoms with E-state index in [0.29, 0.717) is 12.1 Å². The first kappa shape index (κ1) is 22.2. The van der Waals surface area contributed by atoms with Gasteiger partial charge in [0.05, 0.1) is 21.2 Å². The number of hydrogen-bond acceptors (Lipinski definition) is 6. The number of aryl methyl sites for hydroxylation is 1. The number of anilines is 2. The molecule has 0 aromatic heterocycles. The average molecular weight is 427 g/mol. The average Bonchev–Trinajstić information content (AvgIpc) is 2.61. The van der Waals surface area contributed by atoms with E-state index in [-0.39, 0.29) is 22.9 Å². The highest BCUT2D eigenvalue weighted by Crippen LogP contribution is 2.24. The van der Waals surface area contributed by atoms with E-state index in [1.165, 1.54) is 24.3 Å². The highest BCUT2D eigenvalue weighted by atomic mass is 32.2. The second-order valence-electron chi connectivity index (χ2n) is 6.58. The standard InChI is InChI=1S/C18H26N4O4S2/c1-14-5-7-15(8-6-14)27(23,24)20-11-4-12-21-28(25,26)16-9-10-18(22(2)3)17(19)13-16/h5-10,13,20-21H,4,11-12,19H2,1-3H3. The molecule has 0 aliphatic carbocycles. The Labute approximate surface area is 166 Å². The Hall–Kier alpha value is -2.14. The number of rotatable bonds is 9. The first-order chi connectivity index (χ1) is 13.0. The number of nitrogens with zero attached hydrogens (tertiary/aromatic N) is 1. The monoisotopic (exact) mass is 426 g/mol. The summed E-state index contributed by atoms with van der Waals surface area (Å²) < 4.78 is 54.0. The summed E-state index contributed by atoms with van der Waals surface area (Å²) in [6.07, 6.45) is 0.301. The van der Waals surface area contributed by atoms with Gasteiger partial charge in [-0.25, -0.2) is 26.3 Å². The Morgan fingerprint density at radius 2 is 1.36 bits per heavy atom. The number of hydrogen-bond donors (Lipinski definition) is 3. The van der Waals surface area contributed by atoms with Crippen LogP contribution in [0, 0.1) is 6.92 Å². The van der Waals surface area contributed by atoms with Crippen molar-refractivity contribution in [2.75, 3.05) is 37.8 Å². The number of sulfonamides is 2. The third-order valence-corrected chi connectivity index (χ3v) is 7.00. The summed E-state index contributed by atoms with van der Waals surface area (Å²) in [6.45, 7) is 2.08. The van der Waals surface area contributed by atoms with Crippen LogP contribution in [0.15, 0.2) is 52.3 Å². The van der Waals surface area contributed by atoms with Crippen molar-refractivity contribution in [1.29, 1.82) is 0 Å². The predicted molar refractivity (Wildman–Crippen MR) is 111 cm³/mol. The van der Waals surface area contributed by atoms with E-state index in [4.69, 9.17) is 5.73 Å². The van der Waals surface area contributed by atoms with Gasteiger partial charge in [-0.3, -0.25) is 0 Å². The lowest BCUT2D eigenvalue weighted by molar-refractivity contribution is 0.572. The van der Waals surface area contributed by atoms with Crippen molar-refractivity contribution in [3.63, 3.8) is 0 Å². The number of nitrogens with two attached hydrogens (primary N) is 1. The molecule has 0 heterocycles. The van der Waals surface area contributed by atoms with E-state index in [9.17, 15) is 16.8 Å². The van der Waals surface area contributed by atoms with Crippen molar-refractivity contribution >= 4 is 31.4 Å². The van der Waals surface area contributed by atoms with Gasteiger partial charge in [0.2, 0.25) is 20.0 Å². The first-order valence-corrected chi connectivity index (χ1v) is 11.6. The van der Waals surface area contributed by atoms with Gasteiger partial charge in [-0.1, -0.05) is 17.7 Å². The van der Waals surface area contributed by atoms with Gasteiger partial charge in [0.15, 0.2) is 0 Å². The highest BCUT2D eigenvalue weighted by Gasteiger charge is 2.16. The van der Waals surface area contributed by atoms with Gasteiger partial charge in [0.1, 0.15) is 0 Å². The molecule has 0 bridgehead atoms. The topological polar surface area (TPSA) is 122 Å². The second-order valence-corrected chi connectivity index (χ2v) is 10.1. The number of nitrogen functional groups attached to an aromatic ring is 1. The molecule has 8 nitrogen and oxygen atoms in total. The zero-order valence-electron chi connectivity index (χ0n) is 16.1. The summed E-state index contributed by atoms with van der Waals surface area (Å²) in [7, 11) is -3.71. The quantitative estimate of drug-likeness (QED) is 0.410. The van der Waals surface area contributed by atoms with Crippen LogP contribution in [0.3, 0.4) is 0 Å². The van der Waals surface area contributed by atoms with E-state index in [1.807, 2.05) is 21.0 Å². The summed E-state index contributed by atoms with van der Waals surface area (Å²) in [5, 5.41) is 0. The molecule has 0 amide bonds. The fourth-order valence-electron chi connectivity index (χ4n) is 2.49. The maximum atomic E-state index is 12.4. The molecule has 0 aliphatic heterocycles. The van der Waals surface area contributed by atoms with Crippen molar-refractivity contribution in [3.8, 4) is 0 Å². The number of benzene rings is 2. The van der Waals surface area contributed by atoms with E-state index < -0.39 is 20.0 Å². The molecular weight excluding hydrogens is 400 g/mol. The van der Waals surface area contributed by atoms with Gasteiger partial charge in [0, 0.05) is 27.2 Å².